The van der Waals surface area contributed by atoms with Crippen molar-refractivity contribution in [1.29, 1.82) is 0 Å². The Kier molecular flexibility index (Phi) is 4.32. The zero-order valence-corrected chi connectivity index (χ0v) is 10.7. The van der Waals surface area contributed by atoms with Crippen LogP contribution in [0.25, 0.3) is 0 Å². The molecule has 0 bridgehead atoms. The molecule has 110 valence electrons. The van der Waals surface area contributed by atoms with E-state index >= 15 is 0 Å². The van der Waals surface area contributed by atoms with Gasteiger partial charge in [-0.1, -0.05) is 17.3 Å². The van der Waals surface area contributed by atoms with Crippen molar-refractivity contribution in [3.05, 3.63) is 65.0 Å². The average molecular weight is 296 g/mol. The van der Waals surface area contributed by atoms with Gasteiger partial charge in [0.25, 0.3) is 0 Å². The number of hydrogen-bond donors (Lipinski definition) is 2. The van der Waals surface area contributed by atoms with E-state index in [0.717, 1.165) is 18.2 Å². The summed E-state index contributed by atoms with van der Waals surface area (Å²) in [6.07, 6.45) is 0. The summed E-state index contributed by atoms with van der Waals surface area (Å²) in [6, 6.07) is 6.89. The monoisotopic (exact) mass is 296 g/mol. The zero-order chi connectivity index (χ0) is 15.4. The average Bonchev–Trinajstić information content (AvgIpc) is 2.48. The van der Waals surface area contributed by atoms with Crippen LogP contribution < -0.4 is 10.5 Å². The zero-order valence-electron chi connectivity index (χ0n) is 10.7. The minimum atomic E-state index is -0.760. The molecule has 0 aliphatic heterocycles. The van der Waals surface area contributed by atoms with E-state index in [2.05, 4.69) is 5.16 Å². The number of nitrogens with zero attached hydrogens (tertiary/aromatic N) is 1. The topological polar surface area (TPSA) is 67.8 Å². The van der Waals surface area contributed by atoms with Crippen LogP contribution in [0.15, 0.2) is 41.6 Å². The molecule has 21 heavy (non-hydrogen) atoms. The van der Waals surface area contributed by atoms with E-state index in [1.165, 1.54) is 18.2 Å². The number of amidine groups is 1. The van der Waals surface area contributed by atoms with Gasteiger partial charge in [-0.05, 0) is 18.2 Å². The molecule has 0 heterocycles. The highest BCUT2D eigenvalue weighted by Crippen LogP contribution is 2.21. The summed E-state index contributed by atoms with van der Waals surface area (Å²) in [5, 5.41) is 11.3. The molecule has 0 spiro atoms. The smallest absolute Gasteiger partial charge is 0.173 e. The maximum atomic E-state index is 14.1. The summed E-state index contributed by atoms with van der Waals surface area (Å²) in [5.41, 5.74) is 5.27. The summed E-state index contributed by atoms with van der Waals surface area (Å²) < 4.78 is 45.5. The summed E-state index contributed by atoms with van der Waals surface area (Å²) in [4.78, 5) is 0. The first kappa shape index (κ1) is 14.7. The lowest BCUT2D eigenvalue weighted by Crippen LogP contribution is -2.16. The molecule has 0 atom stereocenters. The standard InChI is InChI=1S/C14H11F3N2O2/c15-9-4-5-11(16)12(6-9)21-7-8-2-1-3-10(13(8)17)14(18)19-20/h1-6,20H,7H2,(H2,18,19). The van der Waals surface area contributed by atoms with E-state index in [1.807, 2.05) is 0 Å². The van der Waals surface area contributed by atoms with Crippen LogP contribution in [0.3, 0.4) is 0 Å². The molecular weight excluding hydrogens is 285 g/mol. The van der Waals surface area contributed by atoms with Gasteiger partial charge in [0.2, 0.25) is 0 Å². The normalized spacial score (nSPS) is 11.5. The first-order valence-corrected chi connectivity index (χ1v) is 5.86. The summed E-state index contributed by atoms with van der Waals surface area (Å²) in [6.45, 7) is -0.335. The fourth-order valence-electron chi connectivity index (χ4n) is 1.69. The molecule has 3 N–H and O–H groups in total. The fraction of sp³-hybridized carbons (Fsp3) is 0.0714. The van der Waals surface area contributed by atoms with Crippen molar-refractivity contribution < 1.29 is 23.1 Å². The molecule has 0 unspecified atom stereocenters. The highest BCUT2D eigenvalue weighted by atomic mass is 19.1. The van der Waals surface area contributed by atoms with Crippen LogP contribution in [-0.2, 0) is 6.61 Å². The maximum absolute atomic E-state index is 14.1. The van der Waals surface area contributed by atoms with Gasteiger partial charge in [0, 0.05) is 11.6 Å². The molecule has 0 aliphatic rings. The Balaban J connectivity index is 2.23. The molecule has 0 amide bonds. The van der Waals surface area contributed by atoms with Crippen LogP contribution >= 0.6 is 0 Å². The Morgan fingerprint density at radius 3 is 2.67 bits per heavy atom. The van der Waals surface area contributed by atoms with Crippen molar-refractivity contribution in [3.63, 3.8) is 0 Å². The summed E-state index contributed by atoms with van der Waals surface area (Å²) in [5.74, 6) is -2.92. The van der Waals surface area contributed by atoms with E-state index in [9.17, 15) is 13.2 Å². The Morgan fingerprint density at radius 2 is 1.95 bits per heavy atom. The van der Waals surface area contributed by atoms with Gasteiger partial charge in [0.05, 0.1) is 5.56 Å². The van der Waals surface area contributed by atoms with Crippen molar-refractivity contribution >= 4 is 5.84 Å². The molecule has 2 aromatic carbocycles. The molecule has 0 aromatic heterocycles. The predicted molar refractivity (Wildman–Crippen MR) is 69.6 cm³/mol. The van der Waals surface area contributed by atoms with Crippen LogP contribution in [0.1, 0.15) is 11.1 Å². The second-order valence-corrected chi connectivity index (χ2v) is 4.13. The molecular formula is C14H11F3N2O2. The SMILES string of the molecule is N/C(=N/O)c1cccc(COc2cc(F)ccc2F)c1F. The fourth-order valence-corrected chi connectivity index (χ4v) is 1.69. The lowest BCUT2D eigenvalue weighted by molar-refractivity contribution is 0.283. The van der Waals surface area contributed by atoms with Crippen LogP contribution in [0.4, 0.5) is 13.2 Å². The van der Waals surface area contributed by atoms with Crippen LogP contribution in [0.5, 0.6) is 5.75 Å². The number of rotatable bonds is 4. The van der Waals surface area contributed by atoms with Crippen molar-refractivity contribution in [3.8, 4) is 5.75 Å². The lowest BCUT2D eigenvalue weighted by Gasteiger charge is -2.10. The minimum absolute atomic E-state index is 0.0581. The van der Waals surface area contributed by atoms with Crippen molar-refractivity contribution in [2.75, 3.05) is 0 Å². The number of ether oxygens (including phenoxy) is 1. The van der Waals surface area contributed by atoms with E-state index in [4.69, 9.17) is 15.7 Å². The highest BCUT2D eigenvalue weighted by molar-refractivity contribution is 5.97. The number of benzene rings is 2. The Hall–Kier alpha value is -2.70. The minimum Gasteiger partial charge on any atom is -0.486 e. The quantitative estimate of drug-likeness (QED) is 0.394. The maximum Gasteiger partial charge on any atom is 0.173 e. The van der Waals surface area contributed by atoms with E-state index in [-0.39, 0.29) is 23.5 Å². The molecule has 0 saturated heterocycles. The van der Waals surface area contributed by atoms with Crippen LogP contribution in [-0.4, -0.2) is 11.0 Å². The van der Waals surface area contributed by atoms with Gasteiger partial charge < -0.3 is 15.7 Å². The van der Waals surface area contributed by atoms with Crippen molar-refractivity contribution in [2.45, 2.75) is 6.61 Å². The molecule has 0 saturated carbocycles. The summed E-state index contributed by atoms with van der Waals surface area (Å²) >= 11 is 0. The van der Waals surface area contributed by atoms with E-state index in [0.29, 0.717) is 0 Å². The molecule has 4 nitrogen and oxygen atoms in total. The van der Waals surface area contributed by atoms with Crippen LogP contribution in [0.2, 0.25) is 0 Å². The second-order valence-electron chi connectivity index (χ2n) is 4.13. The molecule has 2 aromatic rings. The van der Waals surface area contributed by atoms with Gasteiger partial charge >= 0.3 is 0 Å². The molecule has 0 radical (unpaired) electrons. The van der Waals surface area contributed by atoms with Gasteiger partial charge in [-0.25, -0.2) is 13.2 Å². The Labute approximate surface area is 118 Å². The third-order valence-corrected chi connectivity index (χ3v) is 2.74. The van der Waals surface area contributed by atoms with Crippen molar-refractivity contribution in [2.24, 2.45) is 10.9 Å². The van der Waals surface area contributed by atoms with Crippen molar-refractivity contribution in [1.82, 2.24) is 0 Å². The number of oxime groups is 1. The molecule has 2 rings (SSSR count). The van der Waals surface area contributed by atoms with E-state index in [1.54, 1.807) is 0 Å². The first-order valence-electron chi connectivity index (χ1n) is 5.86. The number of hydrogen-bond acceptors (Lipinski definition) is 3. The molecule has 0 aliphatic carbocycles. The Bertz CT molecular complexity index is 690. The molecule has 0 fully saturated rings. The van der Waals surface area contributed by atoms with Gasteiger partial charge in [-0.3, -0.25) is 0 Å². The largest absolute Gasteiger partial charge is 0.486 e. The summed E-state index contributed by atoms with van der Waals surface area (Å²) in [7, 11) is 0. The van der Waals surface area contributed by atoms with Gasteiger partial charge in [-0.2, -0.15) is 0 Å². The third-order valence-electron chi connectivity index (χ3n) is 2.74. The van der Waals surface area contributed by atoms with Gasteiger partial charge in [0.1, 0.15) is 18.2 Å². The first-order chi connectivity index (χ1) is 10.0. The predicted octanol–water partition coefficient (Wildman–Crippen LogP) is 2.78. The van der Waals surface area contributed by atoms with Crippen LogP contribution in [0, 0.1) is 17.5 Å². The highest BCUT2D eigenvalue weighted by Gasteiger charge is 2.13. The Morgan fingerprint density at radius 1 is 1.19 bits per heavy atom. The third kappa shape index (κ3) is 3.25. The van der Waals surface area contributed by atoms with Gasteiger partial charge in [-0.15, -0.1) is 0 Å². The lowest BCUT2D eigenvalue weighted by atomic mass is 10.1. The number of nitrogens with two attached hydrogens (primary N) is 1. The molecule has 7 heteroatoms. The number of halogens is 3. The van der Waals surface area contributed by atoms with E-state index < -0.39 is 23.3 Å². The second kappa shape index (κ2) is 6.17. The van der Waals surface area contributed by atoms with Gasteiger partial charge in [0.15, 0.2) is 17.4 Å².